The van der Waals surface area contributed by atoms with E-state index < -0.39 is 0 Å². The van der Waals surface area contributed by atoms with E-state index in [9.17, 15) is 4.79 Å². The molecule has 0 fully saturated rings. The van der Waals surface area contributed by atoms with E-state index in [1.165, 1.54) is 23.3 Å². The number of rotatable bonds is 3. The number of para-hydroxylation sites is 1. The van der Waals surface area contributed by atoms with Gasteiger partial charge in [-0.05, 0) is 48.9 Å². The lowest BCUT2D eigenvalue weighted by Crippen LogP contribution is -2.22. The summed E-state index contributed by atoms with van der Waals surface area (Å²) < 4.78 is 0. The number of fused-ring (bicyclic) bond motifs is 1. The molecule has 1 aliphatic carbocycles. The number of hydrogen-bond acceptors (Lipinski definition) is 3. The van der Waals surface area contributed by atoms with Gasteiger partial charge in [-0.25, -0.2) is 0 Å². The molecule has 0 spiro atoms. The van der Waals surface area contributed by atoms with Crippen molar-refractivity contribution in [2.75, 3.05) is 5.73 Å². The third-order valence-electron chi connectivity index (χ3n) is 3.71. The van der Waals surface area contributed by atoms with Gasteiger partial charge in [0, 0.05) is 17.1 Å². The quantitative estimate of drug-likeness (QED) is 0.852. The van der Waals surface area contributed by atoms with Crippen LogP contribution in [-0.4, -0.2) is 5.91 Å². The van der Waals surface area contributed by atoms with Gasteiger partial charge < -0.3 is 11.1 Å². The van der Waals surface area contributed by atoms with E-state index in [0.717, 1.165) is 29.0 Å². The van der Waals surface area contributed by atoms with Crippen LogP contribution in [0, 0.1) is 0 Å². The summed E-state index contributed by atoms with van der Waals surface area (Å²) in [5.74, 6) is 0.00709. The highest BCUT2D eigenvalue weighted by atomic mass is 32.1. The molecule has 0 aliphatic heterocycles. The Morgan fingerprint density at radius 1 is 1.25 bits per heavy atom. The normalized spacial score (nSPS) is 13.8. The Bertz CT molecular complexity index is 610. The Hall–Kier alpha value is -1.81. The maximum atomic E-state index is 12.2. The van der Waals surface area contributed by atoms with Crippen molar-refractivity contribution in [3.63, 3.8) is 0 Å². The minimum atomic E-state index is 0.00709. The van der Waals surface area contributed by atoms with Crippen molar-refractivity contribution in [2.24, 2.45) is 0 Å². The van der Waals surface area contributed by atoms with Crippen LogP contribution in [0.25, 0.3) is 0 Å². The summed E-state index contributed by atoms with van der Waals surface area (Å²) in [7, 11) is 0. The minimum Gasteiger partial charge on any atom is -0.398 e. The SMILES string of the molecule is Nc1ccccc1CNC(=O)c1cc2c(s1)CCCC2. The maximum absolute atomic E-state index is 12.2. The number of hydrogen-bond donors (Lipinski definition) is 2. The highest BCUT2D eigenvalue weighted by Crippen LogP contribution is 2.29. The Morgan fingerprint density at radius 2 is 2.05 bits per heavy atom. The maximum Gasteiger partial charge on any atom is 0.261 e. The summed E-state index contributed by atoms with van der Waals surface area (Å²) in [5.41, 5.74) is 8.92. The number of carbonyl (C=O) groups excluding carboxylic acids is 1. The number of carbonyl (C=O) groups is 1. The molecule has 3 rings (SSSR count). The zero-order chi connectivity index (χ0) is 13.9. The predicted octanol–water partition coefficient (Wildman–Crippen LogP) is 3.14. The molecule has 0 atom stereocenters. The first-order valence-corrected chi connectivity index (χ1v) is 7.79. The molecule has 1 heterocycles. The first kappa shape index (κ1) is 13.2. The molecule has 0 bridgehead atoms. The second-order valence-corrected chi connectivity index (χ2v) is 6.28. The molecule has 0 saturated heterocycles. The number of amides is 1. The van der Waals surface area contributed by atoms with Crippen molar-refractivity contribution in [1.82, 2.24) is 5.32 Å². The number of nitrogen functional groups attached to an aromatic ring is 1. The highest BCUT2D eigenvalue weighted by Gasteiger charge is 2.17. The molecular formula is C16H18N2OS. The highest BCUT2D eigenvalue weighted by molar-refractivity contribution is 7.14. The molecule has 1 aromatic heterocycles. The largest absolute Gasteiger partial charge is 0.398 e. The number of anilines is 1. The molecule has 1 amide bonds. The topological polar surface area (TPSA) is 55.1 Å². The number of nitrogens with one attached hydrogen (secondary N) is 1. The predicted molar refractivity (Wildman–Crippen MR) is 83.0 cm³/mol. The van der Waals surface area contributed by atoms with E-state index in [2.05, 4.69) is 11.4 Å². The smallest absolute Gasteiger partial charge is 0.261 e. The van der Waals surface area contributed by atoms with E-state index in [-0.39, 0.29) is 5.91 Å². The molecule has 1 aliphatic rings. The van der Waals surface area contributed by atoms with Gasteiger partial charge in [0.05, 0.1) is 4.88 Å². The fraction of sp³-hybridized carbons (Fsp3) is 0.312. The lowest BCUT2D eigenvalue weighted by atomic mass is 9.99. The molecule has 1 aromatic carbocycles. The van der Waals surface area contributed by atoms with Crippen LogP contribution >= 0.6 is 11.3 Å². The molecule has 0 saturated carbocycles. The van der Waals surface area contributed by atoms with Crippen molar-refractivity contribution in [2.45, 2.75) is 32.2 Å². The molecule has 0 radical (unpaired) electrons. The average Bonchev–Trinajstić information content (AvgIpc) is 2.90. The van der Waals surface area contributed by atoms with Crippen LogP contribution in [0.3, 0.4) is 0 Å². The summed E-state index contributed by atoms with van der Waals surface area (Å²) in [6, 6.07) is 9.68. The van der Waals surface area contributed by atoms with Crippen LogP contribution in [0.2, 0.25) is 0 Å². The van der Waals surface area contributed by atoms with Crippen molar-refractivity contribution < 1.29 is 4.79 Å². The van der Waals surface area contributed by atoms with E-state index >= 15 is 0 Å². The average molecular weight is 286 g/mol. The van der Waals surface area contributed by atoms with Crippen molar-refractivity contribution in [3.05, 3.63) is 51.2 Å². The summed E-state index contributed by atoms with van der Waals surface area (Å²) in [5, 5.41) is 2.96. The first-order valence-electron chi connectivity index (χ1n) is 6.97. The molecule has 2 aromatic rings. The molecule has 4 heteroatoms. The van der Waals surface area contributed by atoms with Crippen LogP contribution in [0.1, 0.15) is 38.5 Å². The molecule has 104 valence electrons. The van der Waals surface area contributed by atoms with E-state index in [4.69, 9.17) is 5.73 Å². The van der Waals surface area contributed by atoms with Crippen molar-refractivity contribution >= 4 is 22.9 Å². The summed E-state index contributed by atoms with van der Waals surface area (Å²) in [6.45, 7) is 0.480. The Labute approximate surface area is 122 Å². The zero-order valence-electron chi connectivity index (χ0n) is 11.3. The lowest BCUT2D eigenvalue weighted by molar-refractivity contribution is 0.0955. The van der Waals surface area contributed by atoms with Gasteiger partial charge in [-0.15, -0.1) is 11.3 Å². The number of aryl methyl sites for hydroxylation is 2. The number of nitrogens with two attached hydrogens (primary N) is 1. The molecule has 3 nitrogen and oxygen atoms in total. The number of benzene rings is 1. The van der Waals surface area contributed by atoms with Crippen LogP contribution < -0.4 is 11.1 Å². The van der Waals surface area contributed by atoms with Crippen LogP contribution in [-0.2, 0) is 19.4 Å². The van der Waals surface area contributed by atoms with Gasteiger partial charge in [-0.2, -0.15) is 0 Å². The fourth-order valence-electron chi connectivity index (χ4n) is 2.56. The van der Waals surface area contributed by atoms with Gasteiger partial charge in [0.25, 0.3) is 5.91 Å². The standard InChI is InChI=1S/C16H18N2OS/c17-13-7-3-1-6-12(13)10-18-16(19)15-9-11-5-2-4-8-14(11)20-15/h1,3,6-7,9H,2,4-5,8,10,17H2,(H,18,19). The Kier molecular flexibility index (Phi) is 3.74. The van der Waals surface area contributed by atoms with Crippen molar-refractivity contribution in [1.29, 1.82) is 0 Å². The van der Waals surface area contributed by atoms with E-state index in [0.29, 0.717) is 6.54 Å². The van der Waals surface area contributed by atoms with Gasteiger partial charge in [-0.3, -0.25) is 4.79 Å². The second-order valence-electron chi connectivity index (χ2n) is 5.15. The third kappa shape index (κ3) is 2.70. The molecule has 0 unspecified atom stereocenters. The monoisotopic (exact) mass is 286 g/mol. The minimum absolute atomic E-state index is 0.00709. The van der Waals surface area contributed by atoms with Crippen LogP contribution in [0.15, 0.2) is 30.3 Å². The Morgan fingerprint density at radius 3 is 2.85 bits per heavy atom. The first-order chi connectivity index (χ1) is 9.74. The summed E-state index contributed by atoms with van der Waals surface area (Å²) in [4.78, 5) is 14.4. The van der Waals surface area contributed by atoms with E-state index in [1.54, 1.807) is 11.3 Å². The van der Waals surface area contributed by atoms with Gasteiger partial charge in [0.15, 0.2) is 0 Å². The second kappa shape index (κ2) is 5.67. The van der Waals surface area contributed by atoms with Gasteiger partial charge in [0.2, 0.25) is 0 Å². The molecule has 3 N–H and O–H groups in total. The van der Waals surface area contributed by atoms with Crippen LogP contribution in [0.4, 0.5) is 5.69 Å². The lowest BCUT2D eigenvalue weighted by Gasteiger charge is -2.08. The van der Waals surface area contributed by atoms with Crippen LogP contribution in [0.5, 0.6) is 0 Å². The summed E-state index contributed by atoms with van der Waals surface area (Å²) >= 11 is 1.64. The Balaban J connectivity index is 1.67. The zero-order valence-corrected chi connectivity index (χ0v) is 12.1. The van der Waals surface area contributed by atoms with Gasteiger partial charge in [0.1, 0.15) is 0 Å². The molecule has 20 heavy (non-hydrogen) atoms. The molecular weight excluding hydrogens is 268 g/mol. The third-order valence-corrected chi connectivity index (χ3v) is 4.95. The fourth-order valence-corrected chi connectivity index (χ4v) is 3.73. The van der Waals surface area contributed by atoms with Crippen molar-refractivity contribution in [3.8, 4) is 0 Å². The van der Waals surface area contributed by atoms with E-state index in [1.807, 2.05) is 24.3 Å². The number of thiophene rings is 1. The van der Waals surface area contributed by atoms with Gasteiger partial charge >= 0.3 is 0 Å². The van der Waals surface area contributed by atoms with Gasteiger partial charge in [-0.1, -0.05) is 18.2 Å². The summed E-state index contributed by atoms with van der Waals surface area (Å²) in [6.07, 6.45) is 4.73.